The Labute approximate surface area is 61.8 Å². The predicted octanol–water partition coefficient (Wildman–Crippen LogP) is 1.72. The quantitative estimate of drug-likeness (QED) is 0.547. The van der Waals surface area contributed by atoms with Gasteiger partial charge in [0.25, 0.3) is 0 Å². The zero-order valence-electron chi connectivity index (χ0n) is 6.21. The third-order valence-corrected chi connectivity index (χ3v) is 3.22. The zero-order chi connectivity index (χ0) is 7.19. The second-order valence-corrected chi connectivity index (χ2v) is 3.78. The Bertz CT molecular complexity index is 164. The Balaban J connectivity index is 2.21. The highest BCUT2D eigenvalue weighted by Gasteiger charge is 2.47. The highest BCUT2D eigenvalue weighted by molar-refractivity contribution is 5.09. The Kier molecular flexibility index (Phi) is 1.19. The van der Waals surface area contributed by atoms with Gasteiger partial charge in [0.1, 0.15) is 0 Å². The fourth-order valence-electron chi connectivity index (χ4n) is 2.59. The molecule has 1 heteroatoms. The lowest BCUT2D eigenvalue weighted by Crippen LogP contribution is -2.32. The van der Waals surface area contributed by atoms with E-state index in [0.29, 0.717) is 5.92 Å². The molecule has 1 nitrogen and oxygen atoms in total. The average Bonchev–Trinajstić information content (AvgIpc) is 2.46. The Hall–Kier alpha value is -0.300. The van der Waals surface area contributed by atoms with E-state index in [9.17, 15) is 5.11 Å². The van der Waals surface area contributed by atoms with Crippen LogP contribution in [-0.2, 0) is 0 Å². The van der Waals surface area contributed by atoms with Crippen LogP contribution in [0.2, 0.25) is 0 Å². The van der Waals surface area contributed by atoms with E-state index >= 15 is 0 Å². The first-order chi connectivity index (χ1) is 4.74. The molecule has 2 aliphatic rings. The number of hydrogen-bond donors (Lipinski definition) is 1. The van der Waals surface area contributed by atoms with Gasteiger partial charge in [0, 0.05) is 0 Å². The third-order valence-electron chi connectivity index (χ3n) is 3.22. The molecule has 1 N–H and O–H groups in total. The Morgan fingerprint density at radius 2 is 2.30 bits per heavy atom. The minimum Gasteiger partial charge on any atom is -0.386 e. The van der Waals surface area contributed by atoms with Gasteiger partial charge >= 0.3 is 0 Å². The molecular formula is C9H14O. The first-order valence-electron chi connectivity index (χ1n) is 4.10. The molecule has 0 spiro atoms. The smallest absolute Gasteiger partial charge is 0.0855 e. The second-order valence-electron chi connectivity index (χ2n) is 3.78. The number of rotatable bonds is 1. The summed E-state index contributed by atoms with van der Waals surface area (Å²) in [6.07, 6.45) is 6.51. The van der Waals surface area contributed by atoms with Crippen molar-refractivity contribution in [3.8, 4) is 0 Å². The van der Waals surface area contributed by atoms with Crippen molar-refractivity contribution in [2.75, 3.05) is 0 Å². The van der Waals surface area contributed by atoms with Gasteiger partial charge in [-0.25, -0.2) is 0 Å². The summed E-state index contributed by atoms with van der Waals surface area (Å²) >= 11 is 0. The van der Waals surface area contributed by atoms with Crippen molar-refractivity contribution in [1.29, 1.82) is 0 Å². The van der Waals surface area contributed by atoms with Gasteiger partial charge in [0.05, 0.1) is 5.60 Å². The van der Waals surface area contributed by atoms with Crippen LogP contribution in [0.15, 0.2) is 12.7 Å². The van der Waals surface area contributed by atoms with Crippen molar-refractivity contribution >= 4 is 0 Å². The predicted molar refractivity (Wildman–Crippen MR) is 40.6 cm³/mol. The van der Waals surface area contributed by atoms with E-state index in [1.54, 1.807) is 6.08 Å². The summed E-state index contributed by atoms with van der Waals surface area (Å²) in [6, 6.07) is 0. The molecule has 0 unspecified atom stereocenters. The van der Waals surface area contributed by atoms with E-state index in [1.807, 2.05) is 0 Å². The van der Waals surface area contributed by atoms with Crippen LogP contribution in [0.25, 0.3) is 0 Å². The third kappa shape index (κ3) is 0.671. The van der Waals surface area contributed by atoms with Crippen LogP contribution in [0.5, 0.6) is 0 Å². The highest BCUT2D eigenvalue weighted by atomic mass is 16.3. The van der Waals surface area contributed by atoms with Crippen LogP contribution in [0, 0.1) is 11.8 Å². The maximum atomic E-state index is 9.87. The van der Waals surface area contributed by atoms with Crippen LogP contribution in [0.3, 0.4) is 0 Å². The molecule has 0 radical (unpaired) electrons. The van der Waals surface area contributed by atoms with Crippen molar-refractivity contribution in [3.63, 3.8) is 0 Å². The summed E-state index contributed by atoms with van der Waals surface area (Å²) in [6.45, 7) is 3.68. The van der Waals surface area contributed by atoms with Crippen molar-refractivity contribution < 1.29 is 5.11 Å². The van der Waals surface area contributed by atoms with Gasteiger partial charge in [0.2, 0.25) is 0 Å². The lowest BCUT2D eigenvalue weighted by Gasteiger charge is -2.28. The minimum atomic E-state index is -0.483. The lowest BCUT2D eigenvalue weighted by molar-refractivity contribution is 0.0344. The van der Waals surface area contributed by atoms with Gasteiger partial charge in [-0.2, -0.15) is 0 Å². The molecule has 2 bridgehead atoms. The van der Waals surface area contributed by atoms with Crippen molar-refractivity contribution in [2.24, 2.45) is 11.8 Å². The summed E-state index contributed by atoms with van der Waals surface area (Å²) in [7, 11) is 0. The molecule has 2 saturated carbocycles. The molecule has 2 aliphatic carbocycles. The van der Waals surface area contributed by atoms with Gasteiger partial charge in [-0.05, 0) is 37.5 Å². The summed E-state index contributed by atoms with van der Waals surface area (Å²) in [5.74, 6) is 1.34. The summed E-state index contributed by atoms with van der Waals surface area (Å²) < 4.78 is 0. The normalized spacial score (nSPS) is 51.7. The van der Waals surface area contributed by atoms with Crippen LogP contribution in [-0.4, -0.2) is 10.7 Å². The largest absolute Gasteiger partial charge is 0.386 e. The molecule has 0 saturated heterocycles. The van der Waals surface area contributed by atoms with Gasteiger partial charge in [-0.15, -0.1) is 6.58 Å². The van der Waals surface area contributed by atoms with Crippen LogP contribution < -0.4 is 0 Å². The maximum Gasteiger partial charge on any atom is 0.0855 e. The van der Waals surface area contributed by atoms with Gasteiger partial charge in [0.15, 0.2) is 0 Å². The molecule has 0 aromatic rings. The topological polar surface area (TPSA) is 20.2 Å². The zero-order valence-corrected chi connectivity index (χ0v) is 6.21. The summed E-state index contributed by atoms with van der Waals surface area (Å²) in [4.78, 5) is 0. The lowest BCUT2D eigenvalue weighted by atomic mass is 9.84. The van der Waals surface area contributed by atoms with E-state index in [4.69, 9.17) is 0 Å². The standard InChI is InChI=1S/C9H14O/c1-2-9(10)6-7-3-4-8(9)5-7/h2,7-8,10H,1,3-6H2/t7-,8-,9-/m1/s1. The first kappa shape index (κ1) is 6.41. The van der Waals surface area contributed by atoms with E-state index < -0.39 is 5.60 Å². The average molecular weight is 138 g/mol. The fraction of sp³-hybridized carbons (Fsp3) is 0.778. The number of hydrogen-bond acceptors (Lipinski definition) is 1. The second kappa shape index (κ2) is 1.85. The Morgan fingerprint density at radius 1 is 1.50 bits per heavy atom. The van der Waals surface area contributed by atoms with Crippen molar-refractivity contribution in [1.82, 2.24) is 0 Å². The maximum absolute atomic E-state index is 9.87. The first-order valence-corrected chi connectivity index (χ1v) is 4.10. The molecular weight excluding hydrogens is 124 g/mol. The summed E-state index contributed by atoms with van der Waals surface area (Å²) in [5.41, 5.74) is -0.483. The molecule has 56 valence electrons. The molecule has 2 fully saturated rings. The fourth-order valence-corrected chi connectivity index (χ4v) is 2.59. The van der Waals surface area contributed by atoms with Crippen molar-refractivity contribution in [3.05, 3.63) is 12.7 Å². The molecule has 0 aromatic carbocycles. The van der Waals surface area contributed by atoms with Gasteiger partial charge < -0.3 is 5.11 Å². The monoisotopic (exact) mass is 138 g/mol. The molecule has 2 rings (SSSR count). The van der Waals surface area contributed by atoms with E-state index in [-0.39, 0.29) is 0 Å². The van der Waals surface area contributed by atoms with Crippen LogP contribution >= 0.6 is 0 Å². The molecule has 0 aliphatic heterocycles. The van der Waals surface area contributed by atoms with E-state index in [1.165, 1.54) is 19.3 Å². The highest BCUT2D eigenvalue weighted by Crippen LogP contribution is 2.51. The van der Waals surface area contributed by atoms with Crippen LogP contribution in [0.4, 0.5) is 0 Å². The van der Waals surface area contributed by atoms with Gasteiger partial charge in [-0.3, -0.25) is 0 Å². The number of aliphatic hydroxyl groups is 1. The molecule has 10 heavy (non-hydrogen) atoms. The van der Waals surface area contributed by atoms with Crippen molar-refractivity contribution in [2.45, 2.75) is 31.3 Å². The molecule has 0 heterocycles. The summed E-state index contributed by atoms with van der Waals surface area (Å²) in [5, 5.41) is 9.87. The molecule has 0 amide bonds. The van der Waals surface area contributed by atoms with Crippen LogP contribution in [0.1, 0.15) is 25.7 Å². The Morgan fingerprint density at radius 3 is 2.60 bits per heavy atom. The SMILES string of the molecule is C=C[C@@]1(O)C[C@@H]2CC[C@@H]1C2. The number of fused-ring (bicyclic) bond motifs is 2. The molecule has 3 atom stereocenters. The van der Waals surface area contributed by atoms with E-state index in [2.05, 4.69) is 6.58 Å². The minimum absolute atomic E-state index is 0.483. The van der Waals surface area contributed by atoms with Gasteiger partial charge in [-0.1, -0.05) is 6.08 Å². The molecule has 0 aromatic heterocycles. The van der Waals surface area contributed by atoms with E-state index in [0.717, 1.165) is 12.3 Å².